The molecule has 0 saturated heterocycles. The standard InChI is InChI=1S/C8H14NO3PS/c1-8(2)4-7-12-13(10,14)11-6-3-5-9/h1,3-4,6-7H2,2H3,(H,10,14)/p-1. The Hall–Kier alpha value is -0.240. The van der Waals surface area contributed by atoms with E-state index in [2.05, 4.69) is 18.4 Å². The van der Waals surface area contributed by atoms with Crippen LogP contribution in [0.15, 0.2) is 12.2 Å². The minimum atomic E-state index is -3.39. The van der Waals surface area contributed by atoms with Gasteiger partial charge >= 0.3 is 0 Å². The molecule has 6 heteroatoms. The molecule has 0 bridgehead atoms. The van der Waals surface area contributed by atoms with Gasteiger partial charge in [-0.3, -0.25) is 0 Å². The molecule has 0 N–H and O–H groups in total. The van der Waals surface area contributed by atoms with Crippen molar-refractivity contribution in [3.05, 3.63) is 12.2 Å². The van der Waals surface area contributed by atoms with E-state index in [1.54, 1.807) is 0 Å². The molecule has 0 aromatic rings. The molecule has 4 nitrogen and oxygen atoms in total. The number of rotatable bonds is 7. The Morgan fingerprint density at radius 1 is 1.57 bits per heavy atom. The first kappa shape index (κ1) is 13.8. The monoisotopic (exact) mass is 234 g/mol. The van der Waals surface area contributed by atoms with Gasteiger partial charge in [-0.1, -0.05) is 17.4 Å². The molecule has 0 fully saturated rings. The van der Waals surface area contributed by atoms with Gasteiger partial charge in [0.2, 0.25) is 0 Å². The highest BCUT2D eigenvalue weighted by Gasteiger charge is 2.03. The summed E-state index contributed by atoms with van der Waals surface area (Å²) < 4.78 is 9.61. The van der Waals surface area contributed by atoms with E-state index in [-0.39, 0.29) is 19.6 Å². The van der Waals surface area contributed by atoms with Crippen molar-refractivity contribution in [1.29, 1.82) is 5.26 Å². The topological polar surface area (TPSA) is 65.3 Å². The maximum atomic E-state index is 11.3. The summed E-state index contributed by atoms with van der Waals surface area (Å²) in [5.41, 5.74) is 0.928. The average molecular weight is 234 g/mol. The molecule has 0 saturated carbocycles. The van der Waals surface area contributed by atoms with Crippen LogP contribution >= 0.6 is 6.72 Å². The van der Waals surface area contributed by atoms with E-state index >= 15 is 0 Å². The molecule has 14 heavy (non-hydrogen) atoms. The van der Waals surface area contributed by atoms with Crippen LogP contribution in [0.1, 0.15) is 19.8 Å². The van der Waals surface area contributed by atoms with Gasteiger partial charge in [0.25, 0.3) is 0 Å². The third-order valence-electron chi connectivity index (χ3n) is 1.24. The van der Waals surface area contributed by atoms with Crippen molar-refractivity contribution < 1.29 is 13.9 Å². The van der Waals surface area contributed by atoms with Gasteiger partial charge in [0, 0.05) is 0 Å². The van der Waals surface area contributed by atoms with E-state index in [1.165, 1.54) is 0 Å². The normalized spacial score (nSPS) is 14.4. The lowest BCUT2D eigenvalue weighted by atomic mass is 10.3. The van der Waals surface area contributed by atoms with Gasteiger partial charge in [0.1, 0.15) is 6.72 Å². The third kappa shape index (κ3) is 8.36. The average Bonchev–Trinajstić information content (AvgIpc) is 2.03. The highest BCUT2D eigenvalue weighted by atomic mass is 32.5. The quantitative estimate of drug-likeness (QED) is 0.379. The summed E-state index contributed by atoms with van der Waals surface area (Å²) in [5.74, 6) is 0. The van der Waals surface area contributed by atoms with E-state index in [9.17, 15) is 4.89 Å². The second kappa shape index (κ2) is 7.10. The first-order chi connectivity index (χ1) is 6.48. The highest BCUT2D eigenvalue weighted by Crippen LogP contribution is 2.38. The van der Waals surface area contributed by atoms with Crippen molar-refractivity contribution in [3.8, 4) is 6.07 Å². The molecule has 0 heterocycles. The van der Waals surface area contributed by atoms with Gasteiger partial charge in [-0.15, -0.1) is 6.58 Å². The Balaban J connectivity index is 3.67. The first-order valence-corrected chi connectivity index (χ1v) is 6.65. The molecule has 0 spiro atoms. The summed E-state index contributed by atoms with van der Waals surface area (Å²) >= 11 is 4.58. The van der Waals surface area contributed by atoms with Crippen molar-refractivity contribution in [2.24, 2.45) is 0 Å². The van der Waals surface area contributed by atoms with Crippen LogP contribution in [0.2, 0.25) is 0 Å². The fraction of sp³-hybridized carbons (Fsp3) is 0.625. The summed E-state index contributed by atoms with van der Waals surface area (Å²) in [4.78, 5) is 11.3. The maximum absolute atomic E-state index is 11.3. The largest absolute Gasteiger partial charge is 0.780 e. The van der Waals surface area contributed by atoms with E-state index in [4.69, 9.17) is 14.3 Å². The van der Waals surface area contributed by atoms with Crippen molar-refractivity contribution in [2.75, 3.05) is 13.2 Å². The van der Waals surface area contributed by atoms with Crippen LogP contribution in [0.5, 0.6) is 0 Å². The molecule has 1 atom stereocenters. The van der Waals surface area contributed by atoms with Crippen molar-refractivity contribution in [2.45, 2.75) is 19.8 Å². The Labute approximate surface area is 89.4 Å². The van der Waals surface area contributed by atoms with Gasteiger partial charge in [-0.05, 0) is 13.3 Å². The number of hydrogen-bond donors (Lipinski definition) is 0. The summed E-state index contributed by atoms with van der Waals surface area (Å²) in [6, 6.07) is 1.85. The van der Waals surface area contributed by atoms with E-state index in [0.717, 1.165) is 5.57 Å². The molecule has 0 aliphatic carbocycles. The molecule has 0 aromatic heterocycles. The van der Waals surface area contributed by atoms with Gasteiger partial charge in [0.05, 0.1) is 25.7 Å². The molecule has 0 aromatic carbocycles. The van der Waals surface area contributed by atoms with Gasteiger partial charge in [0.15, 0.2) is 0 Å². The van der Waals surface area contributed by atoms with E-state index in [1.807, 2.05) is 13.0 Å². The highest BCUT2D eigenvalue weighted by molar-refractivity contribution is 8.06. The molecular weight excluding hydrogens is 221 g/mol. The second-order valence-corrected chi connectivity index (χ2v) is 5.48. The molecule has 0 amide bonds. The molecule has 0 rings (SSSR count). The predicted molar refractivity (Wildman–Crippen MR) is 55.9 cm³/mol. The van der Waals surface area contributed by atoms with Crippen LogP contribution in [0, 0.1) is 11.3 Å². The molecule has 0 aliphatic heterocycles. The molecule has 0 aliphatic rings. The Bertz CT molecular complexity index is 274. The van der Waals surface area contributed by atoms with Gasteiger partial charge < -0.3 is 13.9 Å². The van der Waals surface area contributed by atoms with Crippen LogP contribution in [0.3, 0.4) is 0 Å². The summed E-state index contributed by atoms with van der Waals surface area (Å²) in [6.07, 6.45) is 0.757. The van der Waals surface area contributed by atoms with Crippen LogP contribution in [-0.2, 0) is 20.9 Å². The number of nitriles is 1. The van der Waals surface area contributed by atoms with Crippen LogP contribution in [0.4, 0.5) is 0 Å². The lowest BCUT2D eigenvalue weighted by molar-refractivity contribution is -0.206. The minimum Gasteiger partial charge on any atom is -0.780 e. The van der Waals surface area contributed by atoms with E-state index < -0.39 is 6.72 Å². The van der Waals surface area contributed by atoms with Crippen LogP contribution < -0.4 is 4.89 Å². The predicted octanol–water partition coefficient (Wildman–Crippen LogP) is 1.48. The van der Waals surface area contributed by atoms with Crippen molar-refractivity contribution in [1.82, 2.24) is 0 Å². The Kier molecular flexibility index (Phi) is 6.98. The zero-order valence-electron chi connectivity index (χ0n) is 8.06. The summed E-state index contributed by atoms with van der Waals surface area (Å²) in [6.45, 7) is 2.40. The summed E-state index contributed by atoms with van der Waals surface area (Å²) in [5, 5.41) is 8.21. The van der Waals surface area contributed by atoms with Crippen molar-refractivity contribution in [3.63, 3.8) is 0 Å². The molecule has 1 unspecified atom stereocenters. The fourth-order valence-corrected chi connectivity index (χ4v) is 1.72. The number of hydrogen-bond acceptors (Lipinski definition) is 5. The third-order valence-corrected chi connectivity index (χ3v) is 2.87. The molecule has 0 radical (unpaired) electrons. The number of nitrogens with zero attached hydrogens (tertiary/aromatic N) is 1. The van der Waals surface area contributed by atoms with Gasteiger partial charge in [-0.25, -0.2) is 0 Å². The fourth-order valence-electron chi connectivity index (χ4n) is 0.572. The minimum absolute atomic E-state index is 0.0460. The van der Waals surface area contributed by atoms with Crippen molar-refractivity contribution >= 4 is 18.5 Å². The second-order valence-electron chi connectivity index (χ2n) is 2.73. The zero-order valence-corrected chi connectivity index (χ0v) is 9.77. The SMILES string of the molecule is C=C(C)CCOP([O-])(=S)OCCC#N. The zero-order chi connectivity index (χ0) is 11.0. The smallest absolute Gasteiger partial charge is 0.115 e. The van der Waals surface area contributed by atoms with Gasteiger partial charge in [-0.2, -0.15) is 5.26 Å². The lowest BCUT2D eigenvalue weighted by Crippen LogP contribution is -2.09. The maximum Gasteiger partial charge on any atom is 0.115 e. The van der Waals surface area contributed by atoms with E-state index in [0.29, 0.717) is 6.42 Å². The molecule has 80 valence electrons. The van der Waals surface area contributed by atoms with Crippen LogP contribution in [-0.4, -0.2) is 13.2 Å². The lowest BCUT2D eigenvalue weighted by Gasteiger charge is -2.26. The first-order valence-electron chi connectivity index (χ1n) is 4.09. The summed E-state index contributed by atoms with van der Waals surface area (Å²) in [7, 11) is 0. The Morgan fingerprint density at radius 2 is 2.14 bits per heavy atom. The molecular formula is C8H13NO3PS-. The Morgan fingerprint density at radius 3 is 2.64 bits per heavy atom. The van der Waals surface area contributed by atoms with Crippen LogP contribution in [0.25, 0.3) is 0 Å².